The van der Waals surface area contributed by atoms with Crippen molar-refractivity contribution in [2.45, 2.75) is 6.42 Å². The summed E-state index contributed by atoms with van der Waals surface area (Å²) < 4.78 is 5.50. The highest BCUT2D eigenvalue weighted by Gasteiger charge is 2.11. The summed E-state index contributed by atoms with van der Waals surface area (Å²) in [6.07, 6.45) is 1.99. The minimum Gasteiger partial charge on any atom is -0.484 e. The molecular formula is C25H23ClN4O4. The van der Waals surface area contributed by atoms with E-state index in [9.17, 15) is 14.4 Å². The number of hydrazone groups is 1. The first-order chi connectivity index (χ1) is 16.5. The number of hydrogen-bond donors (Lipinski definition) is 3. The van der Waals surface area contributed by atoms with E-state index in [0.717, 1.165) is 5.56 Å². The van der Waals surface area contributed by atoms with Crippen LogP contribution < -0.4 is 20.8 Å². The zero-order valence-electron chi connectivity index (χ0n) is 18.2. The van der Waals surface area contributed by atoms with Crippen LogP contribution in [0.25, 0.3) is 0 Å². The summed E-state index contributed by atoms with van der Waals surface area (Å²) in [5.41, 5.74) is 4.42. The highest BCUT2D eigenvalue weighted by Crippen LogP contribution is 2.15. The second-order valence-corrected chi connectivity index (χ2v) is 7.55. The van der Waals surface area contributed by atoms with Gasteiger partial charge in [0.25, 0.3) is 5.91 Å². The van der Waals surface area contributed by atoms with E-state index in [4.69, 9.17) is 16.3 Å². The fraction of sp³-hybridized carbons (Fsp3) is 0.120. The van der Waals surface area contributed by atoms with Crippen molar-refractivity contribution in [1.29, 1.82) is 0 Å². The van der Waals surface area contributed by atoms with Gasteiger partial charge in [0.1, 0.15) is 5.75 Å². The van der Waals surface area contributed by atoms with Gasteiger partial charge in [-0.2, -0.15) is 5.10 Å². The van der Waals surface area contributed by atoms with Crippen molar-refractivity contribution >= 4 is 41.2 Å². The van der Waals surface area contributed by atoms with Crippen LogP contribution in [0.2, 0.25) is 5.02 Å². The van der Waals surface area contributed by atoms with Crippen molar-refractivity contribution in [3.05, 3.63) is 95.0 Å². The molecule has 9 heteroatoms. The fourth-order valence-corrected chi connectivity index (χ4v) is 3.05. The molecule has 3 N–H and O–H groups in total. The lowest BCUT2D eigenvalue weighted by Crippen LogP contribution is -2.38. The van der Waals surface area contributed by atoms with E-state index in [1.165, 1.54) is 6.21 Å². The zero-order chi connectivity index (χ0) is 24.2. The molecule has 0 atom stereocenters. The Balaban J connectivity index is 1.41. The number of amides is 3. The number of nitrogens with one attached hydrogen (secondary N) is 3. The summed E-state index contributed by atoms with van der Waals surface area (Å²) in [7, 11) is 0. The number of carbonyl (C=O) groups is 3. The highest BCUT2D eigenvalue weighted by atomic mass is 35.5. The summed E-state index contributed by atoms with van der Waals surface area (Å²) >= 11 is 5.90. The Labute approximate surface area is 202 Å². The molecule has 3 aromatic rings. The maximum atomic E-state index is 12.1. The molecule has 3 rings (SSSR count). The molecule has 0 fully saturated rings. The van der Waals surface area contributed by atoms with Crippen LogP contribution in [0.1, 0.15) is 11.1 Å². The Morgan fingerprint density at radius 1 is 0.912 bits per heavy atom. The molecule has 0 radical (unpaired) electrons. The highest BCUT2D eigenvalue weighted by molar-refractivity contribution is 6.35. The molecule has 34 heavy (non-hydrogen) atoms. The number of hydrogen-bond acceptors (Lipinski definition) is 5. The van der Waals surface area contributed by atoms with E-state index in [2.05, 4.69) is 21.2 Å². The van der Waals surface area contributed by atoms with Gasteiger partial charge in [0.2, 0.25) is 0 Å². The number of halogens is 1. The normalized spacial score (nSPS) is 10.5. The number of nitrogens with zero attached hydrogens (tertiary/aromatic N) is 1. The van der Waals surface area contributed by atoms with Crippen LogP contribution >= 0.6 is 11.6 Å². The number of carbonyl (C=O) groups excluding carboxylic acids is 3. The van der Waals surface area contributed by atoms with Gasteiger partial charge in [-0.25, -0.2) is 5.43 Å². The molecule has 3 amide bonds. The molecule has 0 bridgehead atoms. The summed E-state index contributed by atoms with van der Waals surface area (Å²) in [5.74, 6) is -1.53. The van der Waals surface area contributed by atoms with Gasteiger partial charge in [-0.3, -0.25) is 14.4 Å². The monoisotopic (exact) mass is 478 g/mol. The van der Waals surface area contributed by atoms with Crippen LogP contribution in [0.5, 0.6) is 5.75 Å². The molecule has 174 valence electrons. The smallest absolute Gasteiger partial charge is 0.329 e. The Kier molecular flexibility index (Phi) is 9.19. The van der Waals surface area contributed by atoms with Crippen LogP contribution in [0.15, 0.2) is 84.0 Å². The van der Waals surface area contributed by atoms with Gasteiger partial charge in [0.15, 0.2) is 6.61 Å². The molecule has 0 saturated carbocycles. The standard InChI is InChI=1S/C25H23ClN4O4/c26-20-9-5-10-21(15-20)29-23(31)17-34-22-11-4-8-19(14-22)16-28-30-25(33)24(32)27-13-12-18-6-2-1-3-7-18/h1-11,14-16H,12-13,17H2,(H,27,32)(H,29,31)(H,30,33)/b28-16-. The van der Waals surface area contributed by atoms with Crippen molar-refractivity contribution in [1.82, 2.24) is 10.7 Å². The van der Waals surface area contributed by atoms with Crippen LogP contribution in [0.4, 0.5) is 5.69 Å². The maximum absolute atomic E-state index is 12.1. The van der Waals surface area contributed by atoms with Gasteiger partial charge in [-0.05, 0) is 47.9 Å². The van der Waals surface area contributed by atoms with Crippen molar-refractivity contribution in [2.24, 2.45) is 5.10 Å². The Hall–Kier alpha value is -4.17. The lowest BCUT2D eigenvalue weighted by atomic mass is 10.1. The van der Waals surface area contributed by atoms with Gasteiger partial charge in [-0.15, -0.1) is 0 Å². The summed E-state index contributed by atoms with van der Waals surface area (Å²) in [6.45, 7) is 0.136. The Morgan fingerprint density at radius 2 is 1.71 bits per heavy atom. The van der Waals surface area contributed by atoms with E-state index in [0.29, 0.717) is 35.0 Å². The van der Waals surface area contributed by atoms with Crippen LogP contribution in [-0.2, 0) is 20.8 Å². The quantitative estimate of drug-likeness (QED) is 0.249. The topological polar surface area (TPSA) is 109 Å². The first kappa shape index (κ1) is 24.5. The molecule has 0 saturated heterocycles. The first-order valence-corrected chi connectivity index (χ1v) is 10.8. The molecule has 0 spiro atoms. The Bertz CT molecular complexity index is 1170. The summed E-state index contributed by atoms with van der Waals surface area (Å²) in [5, 5.41) is 9.55. The van der Waals surface area contributed by atoms with Gasteiger partial charge in [0.05, 0.1) is 6.21 Å². The maximum Gasteiger partial charge on any atom is 0.329 e. The fourth-order valence-electron chi connectivity index (χ4n) is 2.86. The van der Waals surface area contributed by atoms with Crippen LogP contribution in [0.3, 0.4) is 0 Å². The van der Waals surface area contributed by atoms with Crippen LogP contribution in [0, 0.1) is 0 Å². The van der Waals surface area contributed by atoms with E-state index >= 15 is 0 Å². The molecule has 0 unspecified atom stereocenters. The zero-order valence-corrected chi connectivity index (χ0v) is 18.9. The number of ether oxygens (including phenoxy) is 1. The average Bonchev–Trinajstić information content (AvgIpc) is 2.83. The van der Waals surface area contributed by atoms with Crippen molar-refractivity contribution in [3.8, 4) is 5.75 Å². The Morgan fingerprint density at radius 3 is 2.50 bits per heavy atom. The predicted octanol–water partition coefficient (Wildman–Crippen LogP) is 3.17. The first-order valence-electron chi connectivity index (χ1n) is 10.4. The lowest BCUT2D eigenvalue weighted by Gasteiger charge is -2.08. The van der Waals surface area contributed by atoms with Crippen molar-refractivity contribution in [3.63, 3.8) is 0 Å². The van der Waals surface area contributed by atoms with Crippen LogP contribution in [-0.4, -0.2) is 37.1 Å². The van der Waals surface area contributed by atoms with Gasteiger partial charge < -0.3 is 15.4 Å². The van der Waals surface area contributed by atoms with Gasteiger partial charge >= 0.3 is 11.8 Å². The molecule has 3 aromatic carbocycles. The van der Waals surface area contributed by atoms with Gasteiger partial charge in [0, 0.05) is 17.3 Å². The molecule has 0 aliphatic heterocycles. The van der Waals surface area contributed by atoms with Gasteiger partial charge in [-0.1, -0.05) is 60.1 Å². The molecule has 0 aliphatic carbocycles. The summed E-state index contributed by atoms with van der Waals surface area (Å²) in [6, 6.07) is 23.2. The van der Waals surface area contributed by atoms with E-state index in [1.807, 2.05) is 30.3 Å². The van der Waals surface area contributed by atoms with E-state index in [-0.39, 0.29) is 12.5 Å². The average molecular weight is 479 g/mol. The number of rotatable bonds is 9. The molecular weight excluding hydrogens is 456 g/mol. The van der Waals surface area contributed by atoms with E-state index < -0.39 is 11.8 Å². The second kappa shape index (κ2) is 12.8. The SMILES string of the molecule is O=C(COc1cccc(/C=N\NC(=O)C(=O)NCCc2ccccc2)c1)Nc1cccc(Cl)c1. The molecule has 0 aliphatic rings. The molecule has 8 nitrogen and oxygen atoms in total. The minimum absolute atomic E-state index is 0.201. The lowest BCUT2D eigenvalue weighted by molar-refractivity contribution is -0.139. The molecule has 0 heterocycles. The summed E-state index contributed by atoms with van der Waals surface area (Å²) in [4.78, 5) is 35.8. The minimum atomic E-state index is -0.866. The van der Waals surface area contributed by atoms with Crippen molar-refractivity contribution in [2.75, 3.05) is 18.5 Å². The molecule has 0 aromatic heterocycles. The number of benzene rings is 3. The second-order valence-electron chi connectivity index (χ2n) is 7.11. The largest absolute Gasteiger partial charge is 0.484 e. The predicted molar refractivity (Wildman–Crippen MR) is 131 cm³/mol. The third kappa shape index (κ3) is 8.40. The third-order valence-electron chi connectivity index (χ3n) is 4.46. The number of anilines is 1. The van der Waals surface area contributed by atoms with Crippen molar-refractivity contribution < 1.29 is 19.1 Å². The van der Waals surface area contributed by atoms with E-state index in [1.54, 1.807) is 48.5 Å². The third-order valence-corrected chi connectivity index (χ3v) is 4.70.